The molecule has 0 aliphatic carbocycles. The van der Waals surface area contributed by atoms with Crippen LogP contribution in [0.2, 0.25) is 0 Å². The van der Waals surface area contributed by atoms with Crippen molar-refractivity contribution in [3.63, 3.8) is 0 Å². The quantitative estimate of drug-likeness (QED) is 0.845. The van der Waals surface area contributed by atoms with E-state index in [2.05, 4.69) is 30.0 Å². The predicted octanol–water partition coefficient (Wildman–Crippen LogP) is 3.11. The topological polar surface area (TPSA) is 40.5 Å². The lowest BCUT2D eigenvalue weighted by molar-refractivity contribution is -0.132. The summed E-state index contributed by atoms with van der Waals surface area (Å²) in [5.74, 6) is -0.195. The van der Waals surface area contributed by atoms with Gasteiger partial charge in [0.05, 0.1) is 0 Å². The van der Waals surface area contributed by atoms with Gasteiger partial charge in [0.15, 0.2) is 0 Å². The summed E-state index contributed by atoms with van der Waals surface area (Å²) in [4.78, 5) is 13.3. The number of carbonyl (C=O) groups is 1. The fourth-order valence-electron chi connectivity index (χ4n) is 2.68. The first-order valence-electron chi connectivity index (χ1n) is 6.87. The zero-order valence-corrected chi connectivity index (χ0v) is 11.6. The van der Waals surface area contributed by atoms with E-state index in [-0.39, 0.29) is 0 Å². The number of benzene rings is 1. The molecule has 1 aromatic carbocycles. The highest BCUT2D eigenvalue weighted by Crippen LogP contribution is 2.29. The highest BCUT2D eigenvalue weighted by atomic mass is 16.4. The summed E-state index contributed by atoms with van der Waals surface area (Å²) < 4.78 is 0. The Morgan fingerprint density at radius 1 is 1.47 bits per heavy atom. The van der Waals surface area contributed by atoms with Gasteiger partial charge in [0, 0.05) is 24.4 Å². The Morgan fingerprint density at radius 3 is 2.89 bits per heavy atom. The van der Waals surface area contributed by atoms with E-state index in [1.54, 1.807) is 0 Å². The maximum atomic E-state index is 11.0. The van der Waals surface area contributed by atoms with Crippen molar-refractivity contribution >= 4 is 11.7 Å². The lowest BCUT2D eigenvalue weighted by atomic mass is 9.94. The fourth-order valence-corrected chi connectivity index (χ4v) is 2.68. The summed E-state index contributed by atoms with van der Waals surface area (Å²) >= 11 is 0. The Kier molecular flexibility index (Phi) is 4.25. The lowest BCUT2D eigenvalue weighted by Crippen LogP contribution is -2.34. The predicted molar refractivity (Wildman–Crippen MR) is 77.5 cm³/mol. The molecule has 0 spiro atoms. The Hall–Kier alpha value is -1.77. The molecule has 2 rings (SSSR count). The summed E-state index contributed by atoms with van der Waals surface area (Å²) in [6, 6.07) is 8.41. The molecule has 0 saturated heterocycles. The monoisotopic (exact) mass is 259 g/mol. The van der Waals surface area contributed by atoms with Crippen LogP contribution in [0.25, 0.3) is 0 Å². The molecule has 3 heteroatoms. The second-order valence-electron chi connectivity index (χ2n) is 5.23. The van der Waals surface area contributed by atoms with E-state index in [4.69, 9.17) is 5.11 Å². The first kappa shape index (κ1) is 13.7. The van der Waals surface area contributed by atoms with Crippen LogP contribution in [0.4, 0.5) is 5.69 Å². The van der Waals surface area contributed by atoms with Gasteiger partial charge in [-0.15, -0.1) is 0 Å². The van der Waals surface area contributed by atoms with Gasteiger partial charge in [-0.25, -0.2) is 4.79 Å². The Balaban J connectivity index is 2.19. The lowest BCUT2D eigenvalue weighted by Gasteiger charge is -2.34. The van der Waals surface area contributed by atoms with Crippen molar-refractivity contribution in [2.45, 2.75) is 26.7 Å². The second kappa shape index (κ2) is 5.91. The second-order valence-corrected chi connectivity index (χ2v) is 5.23. The number of hydrogen-bond acceptors (Lipinski definition) is 2. The first-order valence-corrected chi connectivity index (χ1v) is 6.87. The number of aliphatic carboxylic acids is 1. The summed E-state index contributed by atoms with van der Waals surface area (Å²) in [5, 5.41) is 9.06. The van der Waals surface area contributed by atoms with Crippen molar-refractivity contribution in [3.05, 3.63) is 41.5 Å². The zero-order valence-electron chi connectivity index (χ0n) is 11.6. The molecular formula is C16H21NO2. The largest absolute Gasteiger partial charge is 0.478 e. The molecule has 1 heterocycles. The maximum absolute atomic E-state index is 11.0. The van der Waals surface area contributed by atoms with Gasteiger partial charge < -0.3 is 10.0 Å². The van der Waals surface area contributed by atoms with E-state index >= 15 is 0 Å². The van der Waals surface area contributed by atoms with Gasteiger partial charge in [0.25, 0.3) is 0 Å². The van der Waals surface area contributed by atoms with E-state index in [1.165, 1.54) is 11.3 Å². The third kappa shape index (κ3) is 3.16. The highest BCUT2D eigenvalue weighted by Gasteiger charge is 2.20. The summed E-state index contributed by atoms with van der Waals surface area (Å²) in [6.07, 6.45) is 3.52. The molecule has 3 nitrogen and oxygen atoms in total. The van der Waals surface area contributed by atoms with Crippen molar-refractivity contribution in [1.29, 1.82) is 0 Å². The zero-order chi connectivity index (χ0) is 13.8. The highest BCUT2D eigenvalue weighted by molar-refractivity contribution is 5.86. The van der Waals surface area contributed by atoms with Crippen molar-refractivity contribution in [1.82, 2.24) is 0 Å². The van der Waals surface area contributed by atoms with Crippen LogP contribution in [0.5, 0.6) is 0 Å². The number of fused-ring (bicyclic) bond motifs is 1. The molecule has 1 N–H and O–H groups in total. The molecule has 0 fully saturated rings. The van der Waals surface area contributed by atoms with E-state index < -0.39 is 5.97 Å². The number of nitrogens with zero attached hydrogens (tertiary/aromatic N) is 1. The van der Waals surface area contributed by atoms with E-state index in [1.807, 2.05) is 19.1 Å². The van der Waals surface area contributed by atoms with Crippen LogP contribution in [0, 0.1) is 5.92 Å². The molecule has 1 atom stereocenters. The van der Waals surface area contributed by atoms with Crippen molar-refractivity contribution in [2.75, 3.05) is 18.0 Å². The van der Waals surface area contributed by atoms with E-state index in [0.717, 1.165) is 13.0 Å². The third-order valence-corrected chi connectivity index (χ3v) is 3.65. The number of carboxylic acids is 1. The maximum Gasteiger partial charge on any atom is 0.331 e. The molecular weight excluding hydrogens is 238 g/mol. The van der Waals surface area contributed by atoms with Crippen molar-refractivity contribution < 1.29 is 9.90 Å². The van der Waals surface area contributed by atoms with Crippen molar-refractivity contribution in [3.8, 4) is 0 Å². The Morgan fingerprint density at radius 2 is 2.21 bits per heavy atom. The molecule has 0 bridgehead atoms. The molecule has 0 amide bonds. The molecule has 1 aliphatic heterocycles. The van der Waals surface area contributed by atoms with E-state index in [9.17, 15) is 4.79 Å². The van der Waals surface area contributed by atoms with Crippen LogP contribution in [-0.2, 0) is 11.2 Å². The number of rotatable bonds is 4. The average Bonchev–Trinajstić information content (AvgIpc) is 2.38. The molecule has 1 aliphatic rings. The SMILES string of the molecule is CCC(=CCN1CC(C)Cc2ccccc21)C(=O)O. The van der Waals surface area contributed by atoms with Crippen LogP contribution in [-0.4, -0.2) is 24.2 Å². The van der Waals surface area contributed by atoms with Gasteiger partial charge in [0.2, 0.25) is 0 Å². The van der Waals surface area contributed by atoms with Gasteiger partial charge >= 0.3 is 5.97 Å². The molecule has 1 unspecified atom stereocenters. The molecule has 102 valence electrons. The minimum Gasteiger partial charge on any atom is -0.478 e. The molecule has 0 saturated carbocycles. The van der Waals surface area contributed by atoms with E-state index in [0.29, 0.717) is 24.5 Å². The molecule has 19 heavy (non-hydrogen) atoms. The fraction of sp³-hybridized carbons (Fsp3) is 0.438. The molecule has 0 aromatic heterocycles. The van der Waals surface area contributed by atoms with Gasteiger partial charge in [-0.3, -0.25) is 0 Å². The normalized spacial score (nSPS) is 19.2. The third-order valence-electron chi connectivity index (χ3n) is 3.65. The number of para-hydroxylation sites is 1. The summed E-state index contributed by atoms with van der Waals surface area (Å²) in [7, 11) is 0. The van der Waals surface area contributed by atoms with Gasteiger partial charge in [-0.1, -0.05) is 38.1 Å². The van der Waals surface area contributed by atoms with Gasteiger partial charge in [0.1, 0.15) is 0 Å². The molecule has 0 radical (unpaired) electrons. The van der Waals surface area contributed by atoms with Crippen LogP contribution in [0.15, 0.2) is 35.9 Å². The average molecular weight is 259 g/mol. The standard InChI is InChI=1S/C16H21NO2/c1-3-13(16(18)19)8-9-17-11-12(2)10-14-6-4-5-7-15(14)17/h4-8,12H,3,9-11H2,1-2H3,(H,18,19). The summed E-state index contributed by atoms with van der Waals surface area (Å²) in [6.45, 7) is 5.79. The number of hydrogen-bond donors (Lipinski definition) is 1. The van der Waals surface area contributed by atoms with Crippen LogP contribution in [0.1, 0.15) is 25.8 Å². The number of carboxylic acid groups (broad SMARTS) is 1. The Bertz CT molecular complexity index is 493. The Labute approximate surface area is 114 Å². The van der Waals surface area contributed by atoms with Crippen molar-refractivity contribution in [2.24, 2.45) is 5.92 Å². The smallest absolute Gasteiger partial charge is 0.331 e. The first-order chi connectivity index (χ1) is 9.11. The summed E-state index contributed by atoms with van der Waals surface area (Å²) in [5.41, 5.74) is 3.11. The van der Waals surface area contributed by atoms with Gasteiger partial charge in [-0.05, 0) is 30.4 Å². The number of anilines is 1. The van der Waals surface area contributed by atoms with Crippen LogP contribution >= 0.6 is 0 Å². The minimum atomic E-state index is -0.805. The minimum absolute atomic E-state index is 0.496. The van der Waals surface area contributed by atoms with Gasteiger partial charge in [-0.2, -0.15) is 0 Å². The molecule has 1 aromatic rings. The van der Waals surface area contributed by atoms with Crippen LogP contribution in [0.3, 0.4) is 0 Å². The van der Waals surface area contributed by atoms with Crippen LogP contribution < -0.4 is 4.90 Å².